The number of nitrogens with zero attached hydrogens (tertiary/aromatic N) is 2. The van der Waals surface area contributed by atoms with E-state index in [1.54, 1.807) is 0 Å². The van der Waals surface area contributed by atoms with E-state index in [-0.39, 0.29) is 17.5 Å². The number of aryl methyl sites for hydroxylation is 5. The molecule has 0 saturated heterocycles. The summed E-state index contributed by atoms with van der Waals surface area (Å²) in [4.78, 5) is 5.50. The van der Waals surface area contributed by atoms with Gasteiger partial charge in [0.05, 0.1) is 11.4 Å². The maximum atomic E-state index is 2.77. The Hall–Kier alpha value is -5.06. The SMILES string of the molecule is CCCCc1ccc(-c2cc(CCCC)ccc2N2c3ccc(CCCC)cc3B3c4sc5ccc(CCCC)cc5c4N(c4ccc5c(c4)C(C)(C)CCC5(C)C)c4cc(CCCC)cc2c43)cc1. The lowest BCUT2D eigenvalue weighted by Gasteiger charge is -2.45. The van der Waals surface area contributed by atoms with E-state index < -0.39 is 0 Å². The number of fused-ring (bicyclic) bond motifs is 7. The maximum Gasteiger partial charge on any atom is 0.264 e. The molecule has 0 N–H and O–H groups in total. The summed E-state index contributed by atoms with van der Waals surface area (Å²) in [5.74, 6) is 0. The highest BCUT2D eigenvalue weighted by Crippen LogP contribution is 2.52. The highest BCUT2D eigenvalue weighted by atomic mass is 32.1. The molecular formula is C66H79BN2S. The second-order valence-corrected chi connectivity index (χ2v) is 23.8. The fourth-order valence-electron chi connectivity index (χ4n) is 12.3. The summed E-state index contributed by atoms with van der Waals surface area (Å²) in [7, 11) is 0. The van der Waals surface area contributed by atoms with Crippen molar-refractivity contribution in [2.75, 3.05) is 9.80 Å². The van der Waals surface area contributed by atoms with Gasteiger partial charge in [0, 0.05) is 43.2 Å². The van der Waals surface area contributed by atoms with Crippen molar-refractivity contribution in [1.82, 2.24) is 0 Å². The molecule has 0 spiro atoms. The lowest BCUT2D eigenvalue weighted by atomic mass is 9.36. The van der Waals surface area contributed by atoms with Crippen LogP contribution in [0.4, 0.5) is 34.1 Å². The van der Waals surface area contributed by atoms with Crippen LogP contribution in [0.5, 0.6) is 0 Å². The molecule has 4 heteroatoms. The van der Waals surface area contributed by atoms with Crippen molar-refractivity contribution in [3.8, 4) is 11.1 Å². The number of hydrogen-bond donors (Lipinski definition) is 0. The van der Waals surface area contributed by atoms with Gasteiger partial charge in [-0.1, -0.05) is 149 Å². The predicted molar refractivity (Wildman–Crippen MR) is 310 cm³/mol. The highest BCUT2D eigenvalue weighted by Gasteiger charge is 2.46. The van der Waals surface area contributed by atoms with Crippen molar-refractivity contribution >= 4 is 78.0 Å². The molecular weight excluding hydrogens is 864 g/mol. The van der Waals surface area contributed by atoms with Crippen LogP contribution in [-0.2, 0) is 42.9 Å². The molecule has 6 aromatic carbocycles. The number of anilines is 6. The lowest BCUT2D eigenvalue weighted by Crippen LogP contribution is -2.60. The van der Waals surface area contributed by atoms with E-state index in [4.69, 9.17) is 0 Å². The van der Waals surface area contributed by atoms with E-state index in [1.807, 2.05) is 0 Å². The summed E-state index contributed by atoms with van der Waals surface area (Å²) >= 11 is 2.06. The minimum atomic E-state index is 0.0903. The molecule has 3 heterocycles. The van der Waals surface area contributed by atoms with Crippen molar-refractivity contribution in [1.29, 1.82) is 0 Å². The summed E-state index contributed by atoms with van der Waals surface area (Å²) in [6.07, 6.45) is 19.9. The quantitative estimate of drug-likeness (QED) is 0.0791. The van der Waals surface area contributed by atoms with Crippen LogP contribution in [0.3, 0.4) is 0 Å². The fourth-order valence-corrected chi connectivity index (χ4v) is 13.6. The molecule has 0 bridgehead atoms. The average molecular weight is 943 g/mol. The summed E-state index contributed by atoms with van der Waals surface area (Å²) in [5.41, 5.74) is 24.0. The zero-order valence-electron chi connectivity index (χ0n) is 44.3. The first-order valence-corrected chi connectivity index (χ1v) is 28.6. The number of hydrogen-bond acceptors (Lipinski definition) is 3. The van der Waals surface area contributed by atoms with E-state index in [1.165, 1.54) is 181 Å². The van der Waals surface area contributed by atoms with Gasteiger partial charge >= 0.3 is 0 Å². The molecule has 0 unspecified atom stereocenters. The van der Waals surface area contributed by atoms with Gasteiger partial charge in [-0.05, 0) is 198 Å². The Bertz CT molecular complexity index is 3010. The summed E-state index contributed by atoms with van der Waals surface area (Å²) < 4.78 is 2.88. The number of benzene rings is 6. The van der Waals surface area contributed by atoms with Crippen LogP contribution in [0.15, 0.2) is 109 Å². The minimum Gasteiger partial charge on any atom is -0.311 e. The summed E-state index contributed by atoms with van der Waals surface area (Å²) in [6, 6.07) is 45.1. The Morgan fingerprint density at radius 3 is 1.64 bits per heavy atom. The van der Waals surface area contributed by atoms with Crippen LogP contribution < -0.4 is 25.5 Å². The molecule has 10 rings (SSSR count). The van der Waals surface area contributed by atoms with Gasteiger partial charge in [-0.15, -0.1) is 11.3 Å². The van der Waals surface area contributed by atoms with E-state index in [0.29, 0.717) is 0 Å². The minimum absolute atomic E-state index is 0.0903. The first-order chi connectivity index (χ1) is 34.0. The highest BCUT2D eigenvalue weighted by molar-refractivity contribution is 7.33. The third-order valence-corrected chi connectivity index (χ3v) is 17.8. The van der Waals surface area contributed by atoms with E-state index in [2.05, 4.69) is 193 Å². The monoisotopic (exact) mass is 943 g/mol. The smallest absolute Gasteiger partial charge is 0.264 e. The fraction of sp³-hybridized carbons (Fsp3) is 0.424. The van der Waals surface area contributed by atoms with Crippen LogP contribution in [0, 0.1) is 0 Å². The van der Waals surface area contributed by atoms with E-state index >= 15 is 0 Å². The van der Waals surface area contributed by atoms with Crippen molar-refractivity contribution in [3.05, 3.63) is 148 Å². The van der Waals surface area contributed by atoms with Gasteiger partial charge in [0.1, 0.15) is 0 Å². The third kappa shape index (κ3) is 8.99. The normalized spacial score (nSPS) is 15.2. The second-order valence-electron chi connectivity index (χ2n) is 22.8. The zero-order valence-corrected chi connectivity index (χ0v) is 45.1. The number of rotatable bonds is 18. The van der Waals surface area contributed by atoms with Crippen molar-refractivity contribution in [2.45, 2.75) is 182 Å². The molecule has 0 amide bonds. The lowest BCUT2D eigenvalue weighted by molar-refractivity contribution is 0.332. The summed E-state index contributed by atoms with van der Waals surface area (Å²) in [6.45, 7) is 21.6. The van der Waals surface area contributed by atoms with E-state index in [9.17, 15) is 0 Å². The van der Waals surface area contributed by atoms with Gasteiger partial charge in [-0.2, -0.15) is 0 Å². The summed E-state index contributed by atoms with van der Waals surface area (Å²) in [5, 5.41) is 1.41. The van der Waals surface area contributed by atoms with Gasteiger partial charge in [0.2, 0.25) is 0 Å². The molecule has 1 aliphatic carbocycles. The Morgan fingerprint density at radius 1 is 0.471 bits per heavy atom. The molecule has 2 aliphatic heterocycles. The standard InChI is InChI=1S/C66H79BN2S/c1-10-15-20-45-25-30-50(31-26-45)52-39-46(21-16-11-2)27-34-57(52)69-58-35-28-48(23-18-13-4)41-56(58)67-62-59(42-49(24-19-14-5)43-60(62)69)68(51-32-33-54-55(44-51)66(8,9)38-37-65(54,6)7)63-53-40-47(22-17-12-3)29-36-61(53)70-64(63)67/h25-36,39-44H,10-24,37-38H2,1-9H3. The van der Waals surface area contributed by atoms with Gasteiger partial charge in [0.25, 0.3) is 6.71 Å². The van der Waals surface area contributed by atoms with Gasteiger partial charge in [-0.3, -0.25) is 0 Å². The largest absolute Gasteiger partial charge is 0.311 e. The Labute approximate surface area is 427 Å². The van der Waals surface area contributed by atoms with Gasteiger partial charge < -0.3 is 9.80 Å². The van der Waals surface area contributed by atoms with Crippen LogP contribution in [0.2, 0.25) is 0 Å². The maximum absolute atomic E-state index is 2.77. The molecule has 0 fully saturated rings. The zero-order chi connectivity index (χ0) is 48.7. The Kier molecular flexibility index (Phi) is 14.0. The molecule has 0 saturated carbocycles. The van der Waals surface area contributed by atoms with Crippen LogP contribution in [-0.4, -0.2) is 6.71 Å². The third-order valence-electron chi connectivity index (χ3n) is 16.6. The van der Waals surface area contributed by atoms with Crippen molar-refractivity contribution < 1.29 is 0 Å². The van der Waals surface area contributed by atoms with Gasteiger partial charge in [0.15, 0.2) is 0 Å². The van der Waals surface area contributed by atoms with Crippen LogP contribution in [0.1, 0.15) is 178 Å². The predicted octanol–water partition coefficient (Wildman–Crippen LogP) is 17.7. The molecule has 362 valence electrons. The molecule has 7 aromatic rings. The van der Waals surface area contributed by atoms with Crippen molar-refractivity contribution in [2.24, 2.45) is 0 Å². The number of thiophene rings is 1. The molecule has 1 aromatic heterocycles. The van der Waals surface area contributed by atoms with Crippen LogP contribution >= 0.6 is 11.3 Å². The Balaban J connectivity index is 1.29. The van der Waals surface area contributed by atoms with Crippen LogP contribution in [0.25, 0.3) is 21.2 Å². The molecule has 70 heavy (non-hydrogen) atoms. The second kappa shape index (κ2) is 20.2. The topological polar surface area (TPSA) is 6.48 Å². The average Bonchev–Trinajstić information content (AvgIpc) is 3.75. The molecule has 3 aliphatic rings. The Morgan fingerprint density at radius 2 is 1.00 bits per heavy atom. The molecule has 0 radical (unpaired) electrons. The molecule has 0 atom stereocenters. The van der Waals surface area contributed by atoms with Crippen molar-refractivity contribution in [3.63, 3.8) is 0 Å². The first kappa shape index (κ1) is 48.6. The van der Waals surface area contributed by atoms with Gasteiger partial charge in [-0.25, -0.2) is 0 Å². The number of unbranched alkanes of at least 4 members (excludes halogenated alkanes) is 5. The van der Waals surface area contributed by atoms with E-state index in [0.717, 1.165) is 38.5 Å². The molecule has 2 nitrogen and oxygen atoms in total. The first-order valence-electron chi connectivity index (χ1n) is 27.8.